The molecule has 0 aromatic carbocycles. The van der Waals surface area contributed by atoms with Gasteiger partial charge in [-0.2, -0.15) is 13.5 Å². The van der Waals surface area contributed by atoms with Crippen LogP contribution in [0.15, 0.2) is 0 Å². The highest BCUT2D eigenvalue weighted by Crippen LogP contribution is 2.02. The number of hydrogen-bond acceptors (Lipinski definition) is 3. The summed E-state index contributed by atoms with van der Waals surface area (Å²) in [6.07, 6.45) is 0. The van der Waals surface area contributed by atoms with E-state index in [1.807, 2.05) is 0 Å². The zero-order valence-electron chi connectivity index (χ0n) is 6.21. The first-order chi connectivity index (χ1) is 5.27. The Hall–Kier alpha value is -0.760. The van der Waals surface area contributed by atoms with Gasteiger partial charge < -0.3 is 5.73 Å². The monoisotopic (exact) mass is 201 g/mol. The topological polar surface area (TPSA) is 96.0 Å². The molecule has 0 spiro atoms. The van der Waals surface area contributed by atoms with Gasteiger partial charge in [0.05, 0.1) is 6.04 Å². The van der Waals surface area contributed by atoms with Crippen molar-refractivity contribution in [3.63, 3.8) is 0 Å². The van der Waals surface area contributed by atoms with Gasteiger partial charge in [-0.1, -0.05) is 0 Å². The van der Waals surface area contributed by atoms with Crippen molar-refractivity contribution in [2.24, 2.45) is 5.73 Å². The number of amidine groups is 1. The van der Waals surface area contributed by atoms with Gasteiger partial charge in [0.25, 0.3) is 10.0 Å². The van der Waals surface area contributed by atoms with Gasteiger partial charge in [0.15, 0.2) is 0 Å². The van der Waals surface area contributed by atoms with Gasteiger partial charge in [0.1, 0.15) is 5.84 Å². The van der Waals surface area contributed by atoms with Crippen LogP contribution in [0, 0.1) is 5.41 Å². The van der Waals surface area contributed by atoms with Crippen LogP contribution in [0.1, 0.15) is 6.92 Å². The van der Waals surface area contributed by atoms with E-state index >= 15 is 0 Å². The third-order valence-corrected chi connectivity index (χ3v) is 2.19. The normalized spacial score (nSPS) is 14.7. The molecule has 8 heteroatoms. The number of rotatable bonds is 4. The minimum absolute atomic E-state index is 0.515. The summed E-state index contributed by atoms with van der Waals surface area (Å²) in [7, 11) is -4.65. The summed E-state index contributed by atoms with van der Waals surface area (Å²) in [5, 5.41) is 6.73. The Morgan fingerprint density at radius 2 is 2.00 bits per heavy atom. The Bertz CT molecular complexity index is 263. The molecule has 0 saturated heterocycles. The summed E-state index contributed by atoms with van der Waals surface area (Å²) in [5.74, 6) is -4.02. The molecule has 0 rings (SSSR count). The van der Waals surface area contributed by atoms with E-state index in [9.17, 15) is 17.2 Å². The SMILES string of the molecule is CC(NS(=O)(=O)C(F)F)C(=N)N. The van der Waals surface area contributed by atoms with Crippen molar-refractivity contribution in [1.29, 1.82) is 5.41 Å². The fourth-order valence-corrected chi connectivity index (χ4v) is 1.08. The van der Waals surface area contributed by atoms with Gasteiger partial charge in [-0.05, 0) is 6.92 Å². The standard InChI is InChI=1S/C4H9F2N3O2S/c1-2(3(7)8)9-12(10,11)4(5)6/h2,4,9H,1H3,(H3,7,8). The summed E-state index contributed by atoms with van der Waals surface area (Å²) < 4.78 is 45.7. The molecular weight excluding hydrogens is 192 g/mol. The first-order valence-corrected chi connectivity index (χ1v) is 4.45. The molecule has 5 nitrogen and oxygen atoms in total. The Kier molecular flexibility index (Phi) is 3.53. The Morgan fingerprint density at radius 3 is 2.25 bits per heavy atom. The van der Waals surface area contributed by atoms with Crippen molar-refractivity contribution < 1.29 is 17.2 Å². The van der Waals surface area contributed by atoms with Crippen LogP contribution in [0.3, 0.4) is 0 Å². The van der Waals surface area contributed by atoms with Crippen LogP contribution in [0.4, 0.5) is 8.78 Å². The summed E-state index contributed by atoms with van der Waals surface area (Å²) in [6.45, 7) is 1.20. The molecule has 0 bridgehead atoms. The van der Waals surface area contributed by atoms with Crippen molar-refractivity contribution in [3.8, 4) is 0 Å². The lowest BCUT2D eigenvalue weighted by Crippen LogP contribution is -2.43. The molecule has 72 valence electrons. The van der Waals surface area contributed by atoms with Gasteiger partial charge in [0.2, 0.25) is 0 Å². The molecular formula is C4H9F2N3O2S. The zero-order valence-corrected chi connectivity index (χ0v) is 7.03. The van der Waals surface area contributed by atoms with Gasteiger partial charge in [-0.3, -0.25) is 5.41 Å². The predicted octanol–water partition coefficient (Wildman–Crippen LogP) is -0.547. The average molecular weight is 201 g/mol. The van der Waals surface area contributed by atoms with Crippen LogP contribution in [0.25, 0.3) is 0 Å². The quantitative estimate of drug-likeness (QED) is 0.420. The molecule has 0 aliphatic heterocycles. The van der Waals surface area contributed by atoms with Crippen molar-refractivity contribution in [3.05, 3.63) is 0 Å². The molecule has 0 aromatic heterocycles. The predicted molar refractivity (Wildman–Crippen MR) is 39.4 cm³/mol. The third-order valence-electron chi connectivity index (χ3n) is 1.04. The van der Waals surface area contributed by atoms with Gasteiger partial charge in [0, 0.05) is 0 Å². The lowest BCUT2D eigenvalue weighted by atomic mass is 10.3. The minimum Gasteiger partial charge on any atom is -0.386 e. The molecule has 0 aliphatic rings. The largest absolute Gasteiger partial charge is 0.386 e. The van der Waals surface area contributed by atoms with E-state index in [1.54, 1.807) is 0 Å². The minimum atomic E-state index is -4.65. The molecule has 0 radical (unpaired) electrons. The first kappa shape index (κ1) is 11.2. The highest BCUT2D eigenvalue weighted by molar-refractivity contribution is 7.89. The molecule has 0 amide bonds. The molecule has 1 atom stereocenters. The van der Waals surface area contributed by atoms with Crippen molar-refractivity contribution in [2.75, 3.05) is 0 Å². The van der Waals surface area contributed by atoms with Crippen LogP contribution in [0.2, 0.25) is 0 Å². The highest BCUT2D eigenvalue weighted by Gasteiger charge is 2.26. The number of hydrogen-bond donors (Lipinski definition) is 3. The van der Waals surface area contributed by atoms with E-state index in [0.29, 0.717) is 0 Å². The fraction of sp³-hybridized carbons (Fsp3) is 0.750. The number of sulfonamides is 1. The second-order valence-electron chi connectivity index (χ2n) is 2.10. The molecule has 4 N–H and O–H groups in total. The van der Waals surface area contributed by atoms with Crippen LogP contribution >= 0.6 is 0 Å². The number of halogens is 2. The fourth-order valence-electron chi connectivity index (χ4n) is 0.361. The molecule has 0 saturated carbocycles. The van der Waals surface area contributed by atoms with E-state index in [1.165, 1.54) is 11.6 Å². The highest BCUT2D eigenvalue weighted by atomic mass is 32.2. The van der Waals surface area contributed by atoms with Crippen LogP contribution in [-0.2, 0) is 10.0 Å². The maximum absolute atomic E-state index is 11.7. The van der Waals surface area contributed by atoms with E-state index in [0.717, 1.165) is 0 Å². The summed E-state index contributed by atoms with van der Waals surface area (Å²) in [4.78, 5) is 0. The van der Waals surface area contributed by atoms with Crippen LogP contribution in [0.5, 0.6) is 0 Å². The second-order valence-corrected chi connectivity index (χ2v) is 3.78. The maximum Gasteiger partial charge on any atom is 0.350 e. The third kappa shape index (κ3) is 3.09. The van der Waals surface area contributed by atoms with E-state index in [2.05, 4.69) is 0 Å². The summed E-state index contributed by atoms with van der Waals surface area (Å²) >= 11 is 0. The van der Waals surface area contributed by atoms with Crippen molar-refractivity contribution in [1.82, 2.24) is 4.72 Å². The van der Waals surface area contributed by atoms with Crippen LogP contribution in [-0.4, -0.2) is 26.1 Å². The van der Waals surface area contributed by atoms with Gasteiger partial charge in [-0.15, -0.1) is 0 Å². The molecule has 0 heterocycles. The molecule has 0 aliphatic carbocycles. The smallest absolute Gasteiger partial charge is 0.350 e. The summed E-state index contributed by atoms with van der Waals surface area (Å²) in [5.41, 5.74) is 4.85. The van der Waals surface area contributed by atoms with E-state index in [-0.39, 0.29) is 0 Å². The van der Waals surface area contributed by atoms with Gasteiger partial charge in [-0.25, -0.2) is 8.42 Å². The van der Waals surface area contributed by atoms with Crippen molar-refractivity contribution in [2.45, 2.75) is 18.7 Å². The molecule has 0 aromatic rings. The maximum atomic E-state index is 11.7. The lowest BCUT2D eigenvalue weighted by molar-refractivity contribution is 0.232. The number of nitrogens with one attached hydrogen (secondary N) is 2. The van der Waals surface area contributed by atoms with Crippen molar-refractivity contribution >= 4 is 15.9 Å². The van der Waals surface area contributed by atoms with E-state index < -0.39 is 27.7 Å². The zero-order chi connectivity index (χ0) is 9.94. The molecule has 12 heavy (non-hydrogen) atoms. The summed E-state index contributed by atoms with van der Waals surface area (Å²) in [6, 6.07) is -1.11. The first-order valence-electron chi connectivity index (χ1n) is 2.90. The van der Waals surface area contributed by atoms with Gasteiger partial charge >= 0.3 is 5.76 Å². The lowest BCUT2D eigenvalue weighted by Gasteiger charge is -2.11. The molecule has 1 unspecified atom stereocenters. The number of alkyl halides is 2. The van der Waals surface area contributed by atoms with E-state index in [4.69, 9.17) is 11.1 Å². The number of nitrogens with two attached hydrogens (primary N) is 1. The average Bonchev–Trinajstić information content (AvgIpc) is 1.85. The Balaban J connectivity index is 4.37. The van der Waals surface area contributed by atoms with Crippen LogP contribution < -0.4 is 10.5 Å². The molecule has 0 fully saturated rings. The second kappa shape index (κ2) is 3.76. The Labute approximate surface area is 68.5 Å². The Morgan fingerprint density at radius 1 is 1.58 bits per heavy atom.